The van der Waals surface area contributed by atoms with Gasteiger partial charge in [-0.3, -0.25) is 0 Å². The third-order valence-corrected chi connectivity index (χ3v) is 4.24. The van der Waals surface area contributed by atoms with Gasteiger partial charge in [0.1, 0.15) is 17.0 Å². The molecule has 0 atom stereocenters. The maximum Gasteiger partial charge on any atom is 0.141 e. The van der Waals surface area contributed by atoms with Crippen molar-refractivity contribution in [2.75, 3.05) is 18.0 Å². The Kier molecular flexibility index (Phi) is 3.78. The van der Waals surface area contributed by atoms with Gasteiger partial charge in [0.2, 0.25) is 0 Å². The number of nitriles is 1. The van der Waals surface area contributed by atoms with Gasteiger partial charge in [-0.1, -0.05) is 0 Å². The van der Waals surface area contributed by atoms with Gasteiger partial charge in [-0.2, -0.15) is 5.26 Å². The predicted molar refractivity (Wildman–Crippen MR) is 75.0 cm³/mol. The van der Waals surface area contributed by atoms with Crippen LogP contribution < -0.4 is 4.90 Å². The van der Waals surface area contributed by atoms with Crippen molar-refractivity contribution in [3.05, 3.63) is 16.8 Å². The van der Waals surface area contributed by atoms with Crippen molar-refractivity contribution in [3.8, 4) is 6.07 Å². The summed E-state index contributed by atoms with van der Waals surface area (Å²) < 4.78 is 0. The first-order valence-corrected chi connectivity index (χ1v) is 6.83. The Hall–Kier alpha value is -1.67. The lowest BCUT2D eigenvalue weighted by Crippen LogP contribution is -2.25. The Morgan fingerprint density at radius 1 is 1.39 bits per heavy atom. The van der Waals surface area contributed by atoms with Gasteiger partial charge in [0.15, 0.2) is 0 Å². The molecule has 0 unspecified atom stereocenters. The standard InChI is InChI=1S/C13H16N4S/c1-4-17(7-5-6-14)12-11-9(2)10(3)18-13(11)16-8-15-12/h8H,4-5,7H2,1-3H3. The zero-order valence-electron chi connectivity index (χ0n) is 10.9. The fraction of sp³-hybridized carbons (Fsp3) is 0.462. The van der Waals surface area contributed by atoms with E-state index < -0.39 is 0 Å². The molecule has 0 bridgehead atoms. The highest BCUT2D eigenvalue weighted by molar-refractivity contribution is 7.18. The van der Waals surface area contributed by atoms with E-state index in [1.165, 1.54) is 10.4 Å². The summed E-state index contributed by atoms with van der Waals surface area (Å²) in [6, 6.07) is 2.19. The summed E-state index contributed by atoms with van der Waals surface area (Å²) in [5.41, 5.74) is 1.25. The van der Waals surface area contributed by atoms with Crippen LogP contribution in [0.1, 0.15) is 23.8 Å². The van der Waals surface area contributed by atoms with Gasteiger partial charge in [-0.25, -0.2) is 9.97 Å². The molecule has 0 aliphatic carbocycles. The van der Waals surface area contributed by atoms with Crippen molar-refractivity contribution in [2.45, 2.75) is 27.2 Å². The van der Waals surface area contributed by atoms with Crippen molar-refractivity contribution in [1.82, 2.24) is 9.97 Å². The highest BCUT2D eigenvalue weighted by Crippen LogP contribution is 2.34. The molecule has 2 heterocycles. The maximum atomic E-state index is 8.72. The quantitative estimate of drug-likeness (QED) is 0.847. The summed E-state index contributed by atoms with van der Waals surface area (Å²) in [6.07, 6.45) is 2.13. The Morgan fingerprint density at radius 3 is 2.83 bits per heavy atom. The molecule has 18 heavy (non-hydrogen) atoms. The lowest BCUT2D eigenvalue weighted by Gasteiger charge is -2.21. The van der Waals surface area contributed by atoms with E-state index >= 15 is 0 Å². The maximum absolute atomic E-state index is 8.72. The lowest BCUT2D eigenvalue weighted by molar-refractivity contribution is 0.813. The van der Waals surface area contributed by atoms with Crippen LogP contribution in [0.5, 0.6) is 0 Å². The van der Waals surface area contributed by atoms with Crippen LogP contribution in [-0.2, 0) is 0 Å². The number of fused-ring (bicyclic) bond motifs is 1. The first kappa shape index (κ1) is 12.8. The van der Waals surface area contributed by atoms with Crippen molar-refractivity contribution in [2.24, 2.45) is 0 Å². The van der Waals surface area contributed by atoms with Gasteiger partial charge < -0.3 is 4.90 Å². The molecule has 2 rings (SSSR count). The van der Waals surface area contributed by atoms with Crippen molar-refractivity contribution < 1.29 is 0 Å². The van der Waals surface area contributed by atoms with E-state index in [4.69, 9.17) is 5.26 Å². The van der Waals surface area contributed by atoms with Crippen LogP contribution in [0.4, 0.5) is 5.82 Å². The van der Waals surface area contributed by atoms with Crippen LogP contribution in [0, 0.1) is 25.2 Å². The number of aromatic nitrogens is 2. The monoisotopic (exact) mass is 260 g/mol. The zero-order chi connectivity index (χ0) is 13.1. The van der Waals surface area contributed by atoms with Gasteiger partial charge in [0.05, 0.1) is 17.9 Å². The van der Waals surface area contributed by atoms with Gasteiger partial charge in [-0.05, 0) is 26.3 Å². The number of thiophene rings is 1. The van der Waals surface area contributed by atoms with Crippen LogP contribution in [0.25, 0.3) is 10.2 Å². The number of hydrogen-bond donors (Lipinski definition) is 0. The molecule has 0 saturated heterocycles. The third-order valence-electron chi connectivity index (χ3n) is 3.12. The van der Waals surface area contributed by atoms with Gasteiger partial charge in [0.25, 0.3) is 0 Å². The number of hydrogen-bond acceptors (Lipinski definition) is 5. The summed E-state index contributed by atoms with van der Waals surface area (Å²) in [5, 5.41) is 9.86. The first-order valence-electron chi connectivity index (χ1n) is 6.01. The molecule has 0 amide bonds. The minimum atomic E-state index is 0.515. The van der Waals surface area contributed by atoms with Crippen molar-refractivity contribution in [1.29, 1.82) is 5.26 Å². The molecular weight excluding hydrogens is 244 g/mol. The number of rotatable bonds is 4. The highest BCUT2D eigenvalue weighted by Gasteiger charge is 2.15. The van der Waals surface area contributed by atoms with Gasteiger partial charge in [0, 0.05) is 18.0 Å². The van der Waals surface area contributed by atoms with Gasteiger partial charge in [-0.15, -0.1) is 11.3 Å². The summed E-state index contributed by atoms with van der Waals surface area (Å²) in [7, 11) is 0. The number of nitrogens with zero attached hydrogens (tertiary/aromatic N) is 4. The minimum absolute atomic E-state index is 0.515. The van der Waals surface area contributed by atoms with Crippen LogP contribution >= 0.6 is 11.3 Å². The van der Waals surface area contributed by atoms with E-state index in [-0.39, 0.29) is 0 Å². The Morgan fingerprint density at radius 2 is 2.17 bits per heavy atom. The normalized spacial score (nSPS) is 10.6. The average Bonchev–Trinajstić information content (AvgIpc) is 2.67. The molecule has 0 N–H and O–H groups in total. The summed E-state index contributed by atoms with van der Waals surface area (Å²) in [5.74, 6) is 0.958. The Balaban J connectivity index is 2.52. The topological polar surface area (TPSA) is 52.8 Å². The minimum Gasteiger partial charge on any atom is -0.355 e. The third kappa shape index (κ3) is 2.16. The van der Waals surface area contributed by atoms with Crippen LogP contribution in [-0.4, -0.2) is 23.1 Å². The van der Waals surface area contributed by atoms with Gasteiger partial charge >= 0.3 is 0 Å². The fourth-order valence-electron chi connectivity index (χ4n) is 2.00. The Bertz CT molecular complexity index is 597. The number of anilines is 1. The molecule has 2 aromatic rings. The molecule has 0 aliphatic rings. The number of aryl methyl sites for hydroxylation is 2. The Labute approximate surface area is 111 Å². The largest absolute Gasteiger partial charge is 0.355 e. The predicted octanol–water partition coefficient (Wildman–Crippen LogP) is 3.05. The molecule has 0 spiro atoms. The highest BCUT2D eigenvalue weighted by atomic mass is 32.1. The van der Waals surface area contributed by atoms with Crippen molar-refractivity contribution in [3.63, 3.8) is 0 Å². The molecule has 4 nitrogen and oxygen atoms in total. The fourth-order valence-corrected chi connectivity index (χ4v) is 2.99. The van der Waals surface area contributed by atoms with E-state index in [0.29, 0.717) is 13.0 Å². The molecule has 0 saturated carbocycles. The van der Waals surface area contributed by atoms with E-state index in [0.717, 1.165) is 22.6 Å². The molecule has 5 heteroatoms. The SMILES string of the molecule is CCN(CCC#N)c1ncnc2sc(C)c(C)c12. The molecule has 0 aliphatic heterocycles. The second-order valence-electron chi connectivity index (χ2n) is 4.15. The van der Waals surface area contributed by atoms with Crippen molar-refractivity contribution >= 4 is 27.4 Å². The van der Waals surface area contributed by atoms with E-state index in [9.17, 15) is 0 Å². The average molecular weight is 260 g/mol. The summed E-state index contributed by atoms with van der Waals surface area (Å²) in [6.45, 7) is 7.87. The summed E-state index contributed by atoms with van der Waals surface area (Å²) >= 11 is 1.70. The molecular formula is C13H16N4S. The molecule has 2 aromatic heterocycles. The summed E-state index contributed by atoms with van der Waals surface area (Å²) in [4.78, 5) is 13.2. The molecule has 0 radical (unpaired) electrons. The smallest absolute Gasteiger partial charge is 0.141 e. The first-order chi connectivity index (χ1) is 8.69. The second-order valence-corrected chi connectivity index (χ2v) is 5.35. The van der Waals surface area contributed by atoms with Crippen LogP contribution in [0.15, 0.2) is 6.33 Å². The molecule has 94 valence electrons. The van der Waals surface area contributed by atoms with E-state index in [2.05, 4.69) is 41.7 Å². The zero-order valence-corrected chi connectivity index (χ0v) is 11.7. The second kappa shape index (κ2) is 5.32. The van der Waals surface area contributed by atoms with E-state index in [1.807, 2.05) is 0 Å². The molecule has 0 fully saturated rings. The molecule has 0 aromatic carbocycles. The van der Waals surface area contributed by atoms with Crippen LogP contribution in [0.3, 0.4) is 0 Å². The van der Waals surface area contributed by atoms with E-state index in [1.54, 1.807) is 17.7 Å². The lowest BCUT2D eigenvalue weighted by atomic mass is 10.2. The van der Waals surface area contributed by atoms with Crippen LogP contribution in [0.2, 0.25) is 0 Å².